The maximum atomic E-state index is 13.1. The molecule has 0 N–H and O–H groups in total. The quantitative estimate of drug-likeness (QED) is 0.662. The maximum Gasteiger partial charge on any atom is 0.255 e. The number of hydrogen-bond donors (Lipinski definition) is 0. The Balaban J connectivity index is 1.49. The Morgan fingerprint density at radius 3 is 2.67 bits per heavy atom. The molecule has 1 aliphatic heterocycles. The lowest BCUT2D eigenvalue weighted by Crippen LogP contribution is -2.41. The lowest BCUT2D eigenvalue weighted by Gasteiger charge is -2.31. The number of halogens is 2. The average Bonchev–Trinajstić information content (AvgIpc) is 3.19. The van der Waals surface area contributed by atoms with Crippen molar-refractivity contribution >= 4 is 5.91 Å². The number of amides is 1. The van der Waals surface area contributed by atoms with Gasteiger partial charge in [-0.2, -0.15) is 9.19 Å². The van der Waals surface area contributed by atoms with E-state index < -0.39 is 5.95 Å². The first-order valence-corrected chi connectivity index (χ1v) is 8.56. The van der Waals surface area contributed by atoms with Gasteiger partial charge in [0.1, 0.15) is 5.82 Å². The van der Waals surface area contributed by atoms with Crippen LogP contribution in [0, 0.1) is 11.8 Å². The molecule has 0 radical (unpaired) electrons. The second-order valence-electron chi connectivity index (χ2n) is 6.36. The maximum absolute atomic E-state index is 13.1. The molecule has 0 unspecified atom stereocenters. The van der Waals surface area contributed by atoms with Crippen LogP contribution in [0.3, 0.4) is 0 Å². The predicted octanol–water partition coefficient (Wildman–Crippen LogP) is 2.49. The van der Waals surface area contributed by atoms with Gasteiger partial charge in [-0.05, 0) is 54.5 Å². The van der Waals surface area contributed by atoms with Crippen molar-refractivity contribution in [3.63, 3.8) is 0 Å². The minimum Gasteiger partial charge on any atom is -0.336 e. The highest BCUT2D eigenvalue weighted by Gasteiger charge is 2.27. The van der Waals surface area contributed by atoms with E-state index in [4.69, 9.17) is 0 Å². The van der Waals surface area contributed by atoms with Crippen molar-refractivity contribution in [2.45, 2.75) is 18.9 Å². The van der Waals surface area contributed by atoms with Crippen molar-refractivity contribution < 1.29 is 13.6 Å². The molecular formula is C18H16F2N6O. The standard InChI is InChI=1S/C18H16F2N6O/c19-14-6-3-12(4-7-14)17-22-24-26(23-17)15-2-1-9-25(11-15)18(27)13-5-8-16(20)21-10-13/h3-8,10,15H,1-2,9,11H2/t15-/m0/s1. The minimum atomic E-state index is -0.622. The lowest BCUT2D eigenvalue weighted by atomic mass is 10.1. The van der Waals surface area contributed by atoms with E-state index >= 15 is 0 Å². The summed E-state index contributed by atoms with van der Waals surface area (Å²) in [6.07, 6.45) is 2.84. The topological polar surface area (TPSA) is 76.8 Å². The van der Waals surface area contributed by atoms with Gasteiger partial charge in [0, 0.05) is 24.8 Å². The van der Waals surface area contributed by atoms with Gasteiger partial charge in [0.15, 0.2) is 0 Å². The molecule has 9 heteroatoms. The number of carbonyl (C=O) groups is 1. The van der Waals surface area contributed by atoms with E-state index in [2.05, 4.69) is 20.4 Å². The van der Waals surface area contributed by atoms with Gasteiger partial charge in [0.25, 0.3) is 5.91 Å². The van der Waals surface area contributed by atoms with Crippen molar-refractivity contribution in [2.75, 3.05) is 13.1 Å². The molecule has 138 valence electrons. The molecule has 4 rings (SSSR count). The summed E-state index contributed by atoms with van der Waals surface area (Å²) in [5.74, 6) is -0.752. The van der Waals surface area contributed by atoms with Gasteiger partial charge >= 0.3 is 0 Å². The Bertz CT molecular complexity index is 941. The third kappa shape index (κ3) is 3.67. The summed E-state index contributed by atoms with van der Waals surface area (Å²) in [5.41, 5.74) is 1.01. The number of benzene rings is 1. The fourth-order valence-corrected chi connectivity index (χ4v) is 3.11. The zero-order valence-electron chi connectivity index (χ0n) is 14.3. The Labute approximate surface area is 153 Å². The highest BCUT2D eigenvalue weighted by Crippen LogP contribution is 2.23. The largest absolute Gasteiger partial charge is 0.336 e. The second kappa shape index (κ2) is 7.18. The molecule has 0 spiro atoms. The van der Waals surface area contributed by atoms with Crippen LogP contribution in [0.1, 0.15) is 29.2 Å². The summed E-state index contributed by atoms with van der Waals surface area (Å²) < 4.78 is 26.0. The fourth-order valence-electron chi connectivity index (χ4n) is 3.11. The summed E-state index contributed by atoms with van der Waals surface area (Å²) >= 11 is 0. The summed E-state index contributed by atoms with van der Waals surface area (Å²) in [5, 5.41) is 12.5. The van der Waals surface area contributed by atoms with Gasteiger partial charge in [-0.1, -0.05) is 0 Å². The average molecular weight is 370 g/mol. The number of nitrogens with zero attached hydrogens (tertiary/aromatic N) is 6. The van der Waals surface area contributed by atoms with Crippen LogP contribution >= 0.6 is 0 Å². The SMILES string of the molecule is O=C(c1ccc(F)nc1)N1CCC[C@H](n2nnc(-c3ccc(F)cc3)n2)C1. The van der Waals surface area contributed by atoms with E-state index in [1.807, 2.05) is 0 Å². The third-order valence-corrected chi connectivity index (χ3v) is 4.52. The smallest absolute Gasteiger partial charge is 0.255 e. The highest BCUT2D eigenvalue weighted by atomic mass is 19.1. The Morgan fingerprint density at radius 1 is 1.11 bits per heavy atom. The number of likely N-dealkylation sites (tertiary alicyclic amines) is 1. The second-order valence-corrected chi connectivity index (χ2v) is 6.36. The Kier molecular flexibility index (Phi) is 4.57. The molecule has 1 aromatic carbocycles. The van der Waals surface area contributed by atoms with Crippen molar-refractivity contribution in [3.8, 4) is 11.4 Å². The van der Waals surface area contributed by atoms with Crippen LogP contribution in [-0.2, 0) is 0 Å². The van der Waals surface area contributed by atoms with Crippen LogP contribution in [0.2, 0.25) is 0 Å². The minimum absolute atomic E-state index is 0.113. The van der Waals surface area contributed by atoms with E-state index in [-0.39, 0.29) is 17.8 Å². The van der Waals surface area contributed by atoms with E-state index in [0.717, 1.165) is 12.8 Å². The van der Waals surface area contributed by atoms with E-state index in [1.165, 1.54) is 35.3 Å². The molecule has 1 aliphatic rings. The number of tetrazole rings is 1. The highest BCUT2D eigenvalue weighted by molar-refractivity contribution is 5.93. The Hall–Kier alpha value is -3.23. The van der Waals surface area contributed by atoms with Crippen LogP contribution in [0.25, 0.3) is 11.4 Å². The lowest BCUT2D eigenvalue weighted by molar-refractivity contribution is 0.0662. The van der Waals surface area contributed by atoms with Gasteiger partial charge in [-0.15, -0.1) is 10.2 Å². The molecule has 2 aromatic heterocycles. The van der Waals surface area contributed by atoms with Crippen molar-refractivity contribution in [1.82, 2.24) is 30.1 Å². The van der Waals surface area contributed by atoms with Crippen molar-refractivity contribution in [2.24, 2.45) is 0 Å². The van der Waals surface area contributed by atoms with Gasteiger partial charge in [0.2, 0.25) is 11.8 Å². The Morgan fingerprint density at radius 2 is 1.93 bits per heavy atom. The number of aromatic nitrogens is 5. The van der Waals surface area contributed by atoms with Crippen LogP contribution in [-0.4, -0.2) is 49.1 Å². The molecule has 1 fully saturated rings. The predicted molar refractivity (Wildman–Crippen MR) is 91.6 cm³/mol. The molecular weight excluding hydrogens is 354 g/mol. The first-order chi connectivity index (χ1) is 13.1. The summed E-state index contributed by atoms with van der Waals surface area (Å²) in [7, 11) is 0. The van der Waals surface area contributed by atoms with Gasteiger partial charge in [-0.3, -0.25) is 4.79 Å². The first kappa shape index (κ1) is 17.2. The molecule has 0 aliphatic carbocycles. The molecule has 3 heterocycles. The molecule has 1 amide bonds. The van der Waals surface area contributed by atoms with E-state index in [9.17, 15) is 13.6 Å². The molecule has 3 aromatic rings. The van der Waals surface area contributed by atoms with Crippen LogP contribution in [0.15, 0.2) is 42.6 Å². The van der Waals surface area contributed by atoms with Crippen molar-refractivity contribution in [3.05, 3.63) is 59.9 Å². The normalized spacial score (nSPS) is 17.1. The molecule has 1 saturated heterocycles. The molecule has 27 heavy (non-hydrogen) atoms. The third-order valence-electron chi connectivity index (χ3n) is 4.52. The summed E-state index contributed by atoms with van der Waals surface area (Å²) in [4.78, 5) is 19.3. The zero-order chi connectivity index (χ0) is 18.8. The number of pyridine rings is 1. The summed E-state index contributed by atoms with van der Waals surface area (Å²) in [6.45, 7) is 1.03. The van der Waals surface area contributed by atoms with Crippen molar-refractivity contribution in [1.29, 1.82) is 0 Å². The molecule has 1 atom stereocenters. The van der Waals surface area contributed by atoms with Gasteiger partial charge in [-0.25, -0.2) is 9.37 Å². The molecule has 7 nitrogen and oxygen atoms in total. The van der Waals surface area contributed by atoms with Crippen LogP contribution in [0.5, 0.6) is 0 Å². The van der Waals surface area contributed by atoms with Crippen LogP contribution in [0.4, 0.5) is 8.78 Å². The van der Waals surface area contributed by atoms with E-state index in [1.54, 1.807) is 17.0 Å². The fraction of sp³-hybridized carbons (Fsp3) is 0.278. The summed E-state index contributed by atoms with van der Waals surface area (Å²) in [6, 6.07) is 8.35. The van der Waals surface area contributed by atoms with Gasteiger partial charge < -0.3 is 4.90 Å². The van der Waals surface area contributed by atoms with E-state index in [0.29, 0.717) is 30.0 Å². The van der Waals surface area contributed by atoms with Gasteiger partial charge in [0.05, 0.1) is 11.6 Å². The number of carbonyl (C=O) groups excluding carboxylic acids is 1. The monoisotopic (exact) mass is 370 g/mol. The number of rotatable bonds is 3. The zero-order valence-corrected chi connectivity index (χ0v) is 14.3. The molecule has 0 saturated carbocycles. The number of piperidine rings is 1. The number of hydrogen-bond acceptors (Lipinski definition) is 5. The molecule has 0 bridgehead atoms. The first-order valence-electron chi connectivity index (χ1n) is 8.56. The van der Waals surface area contributed by atoms with Crippen LogP contribution < -0.4 is 0 Å².